The zero-order valence-corrected chi connectivity index (χ0v) is 16.3. The van der Waals surface area contributed by atoms with E-state index < -0.39 is 11.3 Å². The van der Waals surface area contributed by atoms with E-state index >= 15 is 0 Å². The van der Waals surface area contributed by atoms with Gasteiger partial charge >= 0.3 is 0 Å². The second-order valence-corrected chi connectivity index (χ2v) is 7.50. The second kappa shape index (κ2) is 7.39. The molecule has 0 radical (unpaired) electrons. The molecule has 0 spiro atoms. The number of rotatable bonds is 3. The lowest BCUT2D eigenvalue weighted by atomic mass is 9.58. The molecule has 0 saturated heterocycles. The van der Waals surface area contributed by atoms with Gasteiger partial charge in [-0.1, -0.05) is 18.2 Å². The normalized spacial score (nSPS) is 23.8. The number of nitrogens with zero attached hydrogens (tertiary/aromatic N) is 4. The summed E-state index contributed by atoms with van der Waals surface area (Å²) in [6.45, 7) is 5.58. The van der Waals surface area contributed by atoms with E-state index in [9.17, 15) is 15.8 Å². The summed E-state index contributed by atoms with van der Waals surface area (Å²) in [5, 5.41) is 29.9. The predicted octanol–water partition coefficient (Wildman–Crippen LogP) is 2.83. The Hall–Kier alpha value is -3.27. The zero-order valence-electron chi connectivity index (χ0n) is 16.3. The summed E-state index contributed by atoms with van der Waals surface area (Å²) in [5.74, 6) is -0.0371. The van der Waals surface area contributed by atoms with E-state index in [1.807, 2.05) is 30.3 Å². The molecule has 28 heavy (non-hydrogen) atoms. The molecule has 2 aliphatic rings. The van der Waals surface area contributed by atoms with Crippen LogP contribution in [-0.2, 0) is 0 Å². The van der Waals surface area contributed by atoms with Crippen molar-refractivity contribution in [3.05, 3.63) is 52.7 Å². The Balaban J connectivity index is 2.30. The van der Waals surface area contributed by atoms with Gasteiger partial charge in [0.15, 0.2) is 5.41 Å². The van der Waals surface area contributed by atoms with Gasteiger partial charge in [-0.15, -0.1) is 0 Å². The maximum atomic E-state index is 10.1. The van der Waals surface area contributed by atoms with Crippen LogP contribution in [0.3, 0.4) is 0 Å². The fourth-order valence-corrected chi connectivity index (χ4v) is 4.34. The minimum atomic E-state index is -1.61. The van der Waals surface area contributed by atoms with Crippen LogP contribution in [0, 0.1) is 45.3 Å². The minimum Gasteiger partial charge on any atom is -0.497 e. The van der Waals surface area contributed by atoms with Gasteiger partial charge in [-0.05, 0) is 37.1 Å². The van der Waals surface area contributed by atoms with Crippen LogP contribution in [0.4, 0.5) is 0 Å². The third-order valence-corrected chi connectivity index (χ3v) is 5.88. The topological polar surface area (TPSA) is 110 Å². The fraction of sp³-hybridized carbons (Fsp3) is 0.409. The Labute approximate surface area is 165 Å². The van der Waals surface area contributed by atoms with Gasteiger partial charge in [-0.2, -0.15) is 15.8 Å². The van der Waals surface area contributed by atoms with Crippen molar-refractivity contribution in [1.82, 2.24) is 4.90 Å². The molecule has 0 bridgehead atoms. The van der Waals surface area contributed by atoms with Gasteiger partial charge < -0.3 is 10.5 Å². The van der Waals surface area contributed by atoms with Gasteiger partial charge in [0.05, 0.1) is 30.5 Å². The lowest BCUT2D eigenvalue weighted by Crippen LogP contribution is -2.49. The Morgan fingerprint density at radius 2 is 1.96 bits per heavy atom. The number of fused-ring (bicyclic) bond motifs is 1. The number of allylic oxidation sites excluding steroid dienone is 2. The third kappa shape index (κ3) is 2.82. The van der Waals surface area contributed by atoms with E-state index in [2.05, 4.69) is 37.0 Å². The van der Waals surface area contributed by atoms with Gasteiger partial charge in [0.25, 0.3) is 0 Å². The van der Waals surface area contributed by atoms with Crippen LogP contribution in [-0.4, -0.2) is 31.1 Å². The molecule has 0 fully saturated rings. The number of nitrogens with two attached hydrogens (primary N) is 1. The highest BCUT2D eigenvalue weighted by molar-refractivity contribution is 5.59. The molecule has 142 valence electrons. The first kappa shape index (κ1) is 19.5. The minimum absolute atomic E-state index is 0.0494. The number of hydrogen-bond donors (Lipinski definition) is 1. The molecule has 1 aromatic rings. The third-order valence-electron chi connectivity index (χ3n) is 5.88. The highest BCUT2D eigenvalue weighted by atomic mass is 16.5. The molecule has 1 heterocycles. The van der Waals surface area contributed by atoms with Gasteiger partial charge in [-0.25, -0.2) is 0 Å². The average molecular weight is 373 g/mol. The lowest BCUT2D eigenvalue weighted by molar-refractivity contribution is 0.174. The second-order valence-electron chi connectivity index (χ2n) is 7.50. The molecule has 6 nitrogen and oxygen atoms in total. The van der Waals surface area contributed by atoms with Crippen molar-refractivity contribution in [2.75, 3.05) is 20.2 Å². The van der Waals surface area contributed by atoms with Crippen molar-refractivity contribution in [2.24, 2.45) is 17.1 Å². The molecular formula is C22H23N5O. The van der Waals surface area contributed by atoms with E-state index in [1.165, 1.54) is 0 Å². The van der Waals surface area contributed by atoms with Crippen molar-refractivity contribution in [1.29, 1.82) is 15.8 Å². The lowest BCUT2D eigenvalue weighted by Gasteiger charge is -2.46. The van der Waals surface area contributed by atoms with Crippen molar-refractivity contribution >= 4 is 0 Å². The predicted molar refractivity (Wildman–Crippen MR) is 105 cm³/mol. The van der Waals surface area contributed by atoms with Crippen LogP contribution < -0.4 is 10.5 Å². The van der Waals surface area contributed by atoms with Crippen LogP contribution in [0.2, 0.25) is 0 Å². The molecule has 1 aliphatic heterocycles. The summed E-state index contributed by atoms with van der Waals surface area (Å²) in [6.07, 6.45) is 2.02. The number of nitriles is 3. The van der Waals surface area contributed by atoms with E-state index in [0.29, 0.717) is 24.9 Å². The molecule has 1 aromatic carbocycles. The van der Waals surface area contributed by atoms with Gasteiger partial charge in [0.1, 0.15) is 11.8 Å². The fourth-order valence-electron chi connectivity index (χ4n) is 4.34. The van der Waals surface area contributed by atoms with Gasteiger partial charge in [-0.3, -0.25) is 4.90 Å². The molecule has 3 rings (SSSR count). The number of ether oxygens (including phenoxy) is 1. The Kier molecular flexibility index (Phi) is 5.14. The first-order valence-electron chi connectivity index (χ1n) is 9.24. The molecule has 2 N–H and O–H groups in total. The average Bonchev–Trinajstić information content (AvgIpc) is 2.72. The van der Waals surface area contributed by atoms with E-state index in [-0.39, 0.29) is 17.2 Å². The van der Waals surface area contributed by atoms with Crippen molar-refractivity contribution in [3.8, 4) is 24.0 Å². The van der Waals surface area contributed by atoms with Crippen molar-refractivity contribution in [2.45, 2.75) is 25.8 Å². The van der Waals surface area contributed by atoms with Gasteiger partial charge in [0, 0.05) is 31.0 Å². The number of benzene rings is 1. The summed E-state index contributed by atoms with van der Waals surface area (Å²) >= 11 is 0. The smallest absolute Gasteiger partial charge is 0.191 e. The highest BCUT2D eigenvalue weighted by Crippen LogP contribution is 2.54. The Bertz CT molecular complexity index is 956. The SMILES string of the molecule is COc1cccc([C@H]2[C@H]3CN(C(C)C)CC=C3C(C#N)=C(N)C2(C#N)C#N)c1. The molecule has 0 aromatic heterocycles. The Morgan fingerprint density at radius 3 is 2.54 bits per heavy atom. The van der Waals surface area contributed by atoms with Crippen molar-refractivity contribution < 1.29 is 4.74 Å². The summed E-state index contributed by atoms with van der Waals surface area (Å²) < 4.78 is 5.36. The molecule has 0 amide bonds. The zero-order chi connectivity index (χ0) is 20.5. The van der Waals surface area contributed by atoms with Crippen LogP contribution in [0.1, 0.15) is 25.3 Å². The molecule has 0 unspecified atom stereocenters. The summed E-state index contributed by atoms with van der Waals surface area (Å²) in [7, 11) is 1.58. The monoisotopic (exact) mass is 373 g/mol. The maximum absolute atomic E-state index is 10.1. The molecule has 0 saturated carbocycles. The first-order chi connectivity index (χ1) is 13.4. The first-order valence-corrected chi connectivity index (χ1v) is 9.24. The highest BCUT2D eigenvalue weighted by Gasteiger charge is 2.54. The van der Waals surface area contributed by atoms with Crippen molar-refractivity contribution in [3.63, 3.8) is 0 Å². The summed E-state index contributed by atoms with van der Waals surface area (Å²) in [5.41, 5.74) is 6.68. The van der Waals surface area contributed by atoms with E-state index in [0.717, 1.165) is 11.1 Å². The van der Waals surface area contributed by atoms with Crippen LogP contribution in [0.5, 0.6) is 5.75 Å². The number of methoxy groups -OCH3 is 1. The quantitative estimate of drug-likeness (QED) is 0.872. The molecule has 6 heteroatoms. The maximum Gasteiger partial charge on any atom is 0.191 e. The summed E-state index contributed by atoms with van der Waals surface area (Å²) in [4.78, 5) is 2.28. The summed E-state index contributed by atoms with van der Waals surface area (Å²) in [6, 6.07) is 14.2. The van der Waals surface area contributed by atoms with Crippen LogP contribution >= 0.6 is 0 Å². The van der Waals surface area contributed by atoms with Gasteiger partial charge in [0.2, 0.25) is 0 Å². The largest absolute Gasteiger partial charge is 0.497 e. The molecule has 2 atom stereocenters. The van der Waals surface area contributed by atoms with Crippen LogP contribution in [0.15, 0.2) is 47.2 Å². The number of hydrogen-bond acceptors (Lipinski definition) is 6. The standard InChI is InChI=1S/C22H23N5O/c1-14(2)27-8-7-17-18(10-23)21(26)22(12-24,13-25)20(19(17)11-27)15-5-4-6-16(9-15)28-3/h4-7,9,14,19-20H,8,11,26H2,1-3H3/t19-,20-/m0/s1. The molecular weight excluding hydrogens is 350 g/mol. The van der Waals surface area contributed by atoms with E-state index in [1.54, 1.807) is 7.11 Å². The Morgan fingerprint density at radius 1 is 1.25 bits per heavy atom. The molecule has 1 aliphatic carbocycles. The van der Waals surface area contributed by atoms with Crippen LogP contribution in [0.25, 0.3) is 0 Å². The van der Waals surface area contributed by atoms with E-state index in [4.69, 9.17) is 10.5 Å².